The van der Waals surface area contributed by atoms with Crippen molar-refractivity contribution in [3.8, 4) is 0 Å². The minimum Gasteiger partial charge on any atom is -0.379 e. The van der Waals surface area contributed by atoms with Crippen molar-refractivity contribution in [2.75, 3.05) is 39.4 Å². The van der Waals surface area contributed by atoms with E-state index in [0.29, 0.717) is 19.1 Å². The molecule has 1 aliphatic rings. The lowest BCUT2D eigenvalue weighted by atomic mass is 9.99. The Balaban J connectivity index is 1.72. The highest BCUT2D eigenvalue weighted by molar-refractivity contribution is 5.20. The standard InChI is InChI=1S/C14H22N2O/c15-7-10-17-11-9-16-8-6-14(12-16)13-4-2-1-3-5-13/h1-5,14H,6-12,15H2. The first-order valence-corrected chi connectivity index (χ1v) is 6.45. The van der Waals surface area contributed by atoms with E-state index in [0.717, 1.165) is 19.7 Å². The molecule has 94 valence electrons. The SMILES string of the molecule is NCCOCCN1CCC(c2ccccc2)C1. The van der Waals surface area contributed by atoms with Gasteiger partial charge in [-0.2, -0.15) is 0 Å². The molecular formula is C14H22N2O. The van der Waals surface area contributed by atoms with Gasteiger partial charge in [-0.1, -0.05) is 30.3 Å². The molecule has 0 aromatic heterocycles. The van der Waals surface area contributed by atoms with Gasteiger partial charge in [0.2, 0.25) is 0 Å². The van der Waals surface area contributed by atoms with Gasteiger partial charge in [0.05, 0.1) is 13.2 Å². The second-order valence-electron chi connectivity index (χ2n) is 4.60. The number of hydrogen-bond donors (Lipinski definition) is 1. The molecule has 1 unspecified atom stereocenters. The summed E-state index contributed by atoms with van der Waals surface area (Å²) < 4.78 is 5.42. The molecule has 3 heteroatoms. The van der Waals surface area contributed by atoms with Crippen LogP contribution >= 0.6 is 0 Å². The molecule has 1 aromatic rings. The third kappa shape index (κ3) is 3.80. The van der Waals surface area contributed by atoms with Crippen LogP contribution in [0.25, 0.3) is 0 Å². The molecule has 0 aliphatic carbocycles. The number of likely N-dealkylation sites (tertiary alicyclic amines) is 1. The Morgan fingerprint density at radius 3 is 2.82 bits per heavy atom. The second-order valence-corrected chi connectivity index (χ2v) is 4.60. The summed E-state index contributed by atoms with van der Waals surface area (Å²) in [6, 6.07) is 10.8. The molecule has 0 amide bonds. The van der Waals surface area contributed by atoms with Gasteiger partial charge in [-0.05, 0) is 24.4 Å². The number of rotatable bonds is 6. The molecule has 2 rings (SSSR count). The topological polar surface area (TPSA) is 38.5 Å². The third-order valence-electron chi connectivity index (χ3n) is 3.36. The number of ether oxygens (including phenoxy) is 1. The highest BCUT2D eigenvalue weighted by Gasteiger charge is 2.22. The Bertz CT molecular complexity index is 315. The smallest absolute Gasteiger partial charge is 0.0594 e. The zero-order chi connectivity index (χ0) is 11.9. The van der Waals surface area contributed by atoms with Crippen molar-refractivity contribution in [1.29, 1.82) is 0 Å². The van der Waals surface area contributed by atoms with Crippen LogP contribution in [0.1, 0.15) is 17.9 Å². The predicted octanol–water partition coefficient (Wildman–Crippen LogP) is 1.45. The largest absolute Gasteiger partial charge is 0.379 e. The van der Waals surface area contributed by atoms with Crippen molar-refractivity contribution >= 4 is 0 Å². The van der Waals surface area contributed by atoms with Crippen molar-refractivity contribution in [2.45, 2.75) is 12.3 Å². The maximum Gasteiger partial charge on any atom is 0.0594 e. The fraction of sp³-hybridized carbons (Fsp3) is 0.571. The summed E-state index contributed by atoms with van der Waals surface area (Å²) in [5, 5.41) is 0. The fourth-order valence-electron chi connectivity index (χ4n) is 2.41. The van der Waals surface area contributed by atoms with Crippen LogP contribution in [0.5, 0.6) is 0 Å². The third-order valence-corrected chi connectivity index (χ3v) is 3.36. The Hall–Kier alpha value is -0.900. The van der Waals surface area contributed by atoms with Crippen LogP contribution in [-0.4, -0.2) is 44.3 Å². The summed E-state index contributed by atoms with van der Waals surface area (Å²) >= 11 is 0. The Morgan fingerprint density at radius 1 is 1.24 bits per heavy atom. The van der Waals surface area contributed by atoms with Crippen molar-refractivity contribution in [1.82, 2.24) is 4.90 Å². The normalized spacial score (nSPS) is 20.9. The first-order chi connectivity index (χ1) is 8.40. The summed E-state index contributed by atoms with van der Waals surface area (Å²) in [4.78, 5) is 2.48. The Labute approximate surface area is 104 Å². The molecule has 1 fully saturated rings. The number of nitrogens with two attached hydrogens (primary N) is 1. The van der Waals surface area contributed by atoms with Crippen molar-refractivity contribution in [3.05, 3.63) is 35.9 Å². The van der Waals surface area contributed by atoms with Crippen LogP contribution in [0.4, 0.5) is 0 Å². The molecule has 0 bridgehead atoms. The second kappa shape index (κ2) is 6.74. The molecule has 0 spiro atoms. The van der Waals surface area contributed by atoms with E-state index in [2.05, 4.69) is 35.2 Å². The zero-order valence-electron chi connectivity index (χ0n) is 10.3. The summed E-state index contributed by atoms with van der Waals surface area (Å²) in [5.74, 6) is 0.700. The number of hydrogen-bond acceptors (Lipinski definition) is 3. The van der Waals surface area contributed by atoms with Gasteiger partial charge in [0.1, 0.15) is 0 Å². The summed E-state index contributed by atoms with van der Waals surface area (Å²) in [7, 11) is 0. The van der Waals surface area contributed by atoms with E-state index in [1.54, 1.807) is 0 Å². The number of benzene rings is 1. The van der Waals surface area contributed by atoms with Gasteiger partial charge in [-0.25, -0.2) is 0 Å². The first-order valence-electron chi connectivity index (χ1n) is 6.45. The van der Waals surface area contributed by atoms with Gasteiger partial charge < -0.3 is 15.4 Å². The molecule has 17 heavy (non-hydrogen) atoms. The van der Waals surface area contributed by atoms with E-state index in [4.69, 9.17) is 10.5 Å². The molecule has 0 saturated carbocycles. The van der Waals surface area contributed by atoms with Crippen LogP contribution in [0.15, 0.2) is 30.3 Å². The van der Waals surface area contributed by atoms with Gasteiger partial charge in [0.25, 0.3) is 0 Å². The molecule has 1 aliphatic heterocycles. The van der Waals surface area contributed by atoms with E-state index in [1.807, 2.05) is 0 Å². The van der Waals surface area contributed by atoms with Crippen molar-refractivity contribution in [3.63, 3.8) is 0 Å². The van der Waals surface area contributed by atoms with Gasteiger partial charge in [0.15, 0.2) is 0 Å². The van der Waals surface area contributed by atoms with E-state index in [1.165, 1.54) is 18.5 Å². The summed E-state index contributed by atoms with van der Waals surface area (Å²) in [6.07, 6.45) is 1.26. The Kier molecular flexibility index (Phi) is 4.98. The lowest BCUT2D eigenvalue weighted by molar-refractivity contribution is 0.117. The van der Waals surface area contributed by atoms with Crippen LogP contribution < -0.4 is 5.73 Å². The average Bonchev–Trinajstić information content (AvgIpc) is 2.85. The molecule has 0 radical (unpaired) electrons. The van der Waals surface area contributed by atoms with Crippen LogP contribution in [0.3, 0.4) is 0 Å². The maximum atomic E-state index is 5.42. The highest BCUT2D eigenvalue weighted by atomic mass is 16.5. The molecule has 1 heterocycles. The van der Waals surface area contributed by atoms with Gasteiger partial charge in [-0.3, -0.25) is 0 Å². The summed E-state index contributed by atoms with van der Waals surface area (Å²) in [6.45, 7) is 5.48. The van der Waals surface area contributed by atoms with Crippen LogP contribution in [0, 0.1) is 0 Å². The molecule has 2 N–H and O–H groups in total. The van der Waals surface area contributed by atoms with Crippen LogP contribution in [-0.2, 0) is 4.74 Å². The lowest BCUT2D eigenvalue weighted by Crippen LogP contribution is -2.25. The van der Waals surface area contributed by atoms with E-state index >= 15 is 0 Å². The minimum absolute atomic E-state index is 0.618. The highest BCUT2D eigenvalue weighted by Crippen LogP contribution is 2.26. The Morgan fingerprint density at radius 2 is 2.06 bits per heavy atom. The number of nitrogens with zero attached hydrogens (tertiary/aromatic N) is 1. The first kappa shape index (κ1) is 12.6. The molecule has 1 atom stereocenters. The van der Waals surface area contributed by atoms with Crippen molar-refractivity contribution < 1.29 is 4.74 Å². The minimum atomic E-state index is 0.618. The molecule has 3 nitrogen and oxygen atoms in total. The molecule has 1 aromatic carbocycles. The van der Waals surface area contributed by atoms with E-state index in [9.17, 15) is 0 Å². The molecule has 1 saturated heterocycles. The average molecular weight is 234 g/mol. The predicted molar refractivity (Wildman–Crippen MR) is 70.1 cm³/mol. The van der Waals surface area contributed by atoms with E-state index in [-0.39, 0.29) is 0 Å². The fourth-order valence-corrected chi connectivity index (χ4v) is 2.41. The monoisotopic (exact) mass is 234 g/mol. The van der Waals surface area contributed by atoms with E-state index < -0.39 is 0 Å². The summed E-state index contributed by atoms with van der Waals surface area (Å²) in [5.41, 5.74) is 6.85. The quantitative estimate of drug-likeness (QED) is 0.757. The molecular weight excluding hydrogens is 212 g/mol. The lowest BCUT2D eigenvalue weighted by Gasteiger charge is -2.16. The van der Waals surface area contributed by atoms with Gasteiger partial charge in [0, 0.05) is 19.6 Å². The van der Waals surface area contributed by atoms with Gasteiger partial charge in [-0.15, -0.1) is 0 Å². The van der Waals surface area contributed by atoms with Gasteiger partial charge >= 0.3 is 0 Å². The zero-order valence-corrected chi connectivity index (χ0v) is 10.3. The van der Waals surface area contributed by atoms with Crippen LogP contribution in [0.2, 0.25) is 0 Å². The van der Waals surface area contributed by atoms with Crippen molar-refractivity contribution in [2.24, 2.45) is 5.73 Å². The maximum absolute atomic E-state index is 5.42.